The van der Waals surface area contributed by atoms with E-state index in [4.69, 9.17) is 9.72 Å². The molecule has 2 atom stereocenters. The maximum absolute atomic E-state index is 12.9. The van der Waals surface area contributed by atoms with E-state index in [0.29, 0.717) is 6.61 Å². The third-order valence-electron chi connectivity index (χ3n) is 4.70. The number of hydrogen-bond acceptors (Lipinski definition) is 4. The van der Waals surface area contributed by atoms with Crippen molar-refractivity contribution in [3.63, 3.8) is 0 Å². The molecule has 4 nitrogen and oxygen atoms in total. The summed E-state index contributed by atoms with van der Waals surface area (Å²) in [5.41, 5.74) is 3.95. The molecule has 0 spiro atoms. The number of hydrogen-bond donors (Lipinski definition) is 0. The minimum atomic E-state index is -0.129. The SMILES string of the molecule is CCOc1ccc(N2C(=O)[C@@H](C)S[C@H]2c2ccc3cc(C)ccc3n2)cc1. The summed E-state index contributed by atoms with van der Waals surface area (Å²) in [5.74, 6) is 0.921. The average Bonchev–Trinajstić information content (AvgIpc) is 2.97. The van der Waals surface area contributed by atoms with Gasteiger partial charge in [-0.2, -0.15) is 0 Å². The fourth-order valence-electron chi connectivity index (χ4n) is 3.36. The number of carbonyl (C=O) groups is 1. The van der Waals surface area contributed by atoms with Crippen LogP contribution in [-0.4, -0.2) is 22.7 Å². The normalized spacial score (nSPS) is 19.7. The quantitative estimate of drug-likeness (QED) is 0.633. The number of nitrogens with zero attached hydrogens (tertiary/aromatic N) is 2. The van der Waals surface area contributed by atoms with Gasteiger partial charge < -0.3 is 4.74 Å². The van der Waals surface area contributed by atoms with Crippen molar-refractivity contribution >= 4 is 34.3 Å². The highest BCUT2D eigenvalue weighted by Crippen LogP contribution is 2.45. The molecule has 0 N–H and O–H groups in total. The predicted molar refractivity (Wildman–Crippen MR) is 111 cm³/mol. The Morgan fingerprint density at radius 3 is 2.63 bits per heavy atom. The lowest BCUT2D eigenvalue weighted by Gasteiger charge is -2.24. The second-order valence-electron chi connectivity index (χ2n) is 6.70. The highest BCUT2D eigenvalue weighted by atomic mass is 32.2. The monoisotopic (exact) mass is 378 g/mol. The summed E-state index contributed by atoms with van der Waals surface area (Å²) >= 11 is 1.64. The van der Waals surface area contributed by atoms with E-state index < -0.39 is 0 Å². The van der Waals surface area contributed by atoms with Gasteiger partial charge in [-0.3, -0.25) is 9.69 Å². The summed E-state index contributed by atoms with van der Waals surface area (Å²) in [4.78, 5) is 19.6. The standard InChI is InChI=1S/C22H22N2O2S/c1-4-26-18-9-7-17(8-10-18)24-21(25)15(3)27-22(24)20-12-6-16-13-14(2)5-11-19(16)23-20/h5-13,15,22H,4H2,1-3H3/t15-,22+/m1/s1. The van der Waals surface area contributed by atoms with Crippen LogP contribution in [0.5, 0.6) is 5.75 Å². The van der Waals surface area contributed by atoms with Gasteiger partial charge in [0.2, 0.25) is 5.91 Å². The Kier molecular flexibility index (Phi) is 4.79. The molecule has 1 amide bonds. The van der Waals surface area contributed by atoms with Crippen molar-refractivity contribution in [2.24, 2.45) is 0 Å². The van der Waals surface area contributed by atoms with E-state index in [1.54, 1.807) is 11.8 Å². The molecule has 27 heavy (non-hydrogen) atoms. The number of pyridine rings is 1. The van der Waals surface area contributed by atoms with E-state index in [-0.39, 0.29) is 16.5 Å². The Bertz CT molecular complexity index is 987. The molecule has 0 radical (unpaired) electrons. The highest BCUT2D eigenvalue weighted by molar-refractivity contribution is 8.01. The summed E-state index contributed by atoms with van der Waals surface area (Å²) in [6, 6.07) is 18.1. The first-order valence-electron chi connectivity index (χ1n) is 9.15. The van der Waals surface area contributed by atoms with Gasteiger partial charge >= 0.3 is 0 Å². The van der Waals surface area contributed by atoms with Crippen LogP contribution in [-0.2, 0) is 4.79 Å². The van der Waals surface area contributed by atoms with Crippen LogP contribution in [0.2, 0.25) is 0 Å². The number of benzene rings is 2. The van der Waals surface area contributed by atoms with Crippen molar-refractivity contribution in [2.75, 3.05) is 11.5 Å². The molecule has 138 valence electrons. The third kappa shape index (κ3) is 3.39. The second kappa shape index (κ2) is 7.24. The smallest absolute Gasteiger partial charge is 0.241 e. The molecule has 0 unspecified atom stereocenters. The number of thioether (sulfide) groups is 1. The van der Waals surface area contributed by atoms with Crippen molar-refractivity contribution in [3.8, 4) is 5.75 Å². The minimum absolute atomic E-state index is 0.0999. The number of rotatable bonds is 4. The van der Waals surface area contributed by atoms with Crippen LogP contribution < -0.4 is 9.64 Å². The molecular weight excluding hydrogens is 356 g/mol. The van der Waals surface area contributed by atoms with Crippen LogP contribution in [0.4, 0.5) is 5.69 Å². The molecule has 5 heteroatoms. The Balaban J connectivity index is 1.71. The maximum atomic E-state index is 12.9. The summed E-state index contributed by atoms with van der Waals surface area (Å²) in [7, 11) is 0. The van der Waals surface area contributed by atoms with Crippen molar-refractivity contribution in [2.45, 2.75) is 31.4 Å². The Labute approximate surface area is 163 Å². The van der Waals surface area contributed by atoms with Crippen LogP contribution >= 0.6 is 11.8 Å². The number of fused-ring (bicyclic) bond motifs is 1. The fraction of sp³-hybridized carbons (Fsp3) is 0.273. The molecule has 1 aliphatic heterocycles. The van der Waals surface area contributed by atoms with Crippen molar-refractivity contribution < 1.29 is 9.53 Å². The van der Waals surface area contributed by atoms with Gasteiger partial charge in [0, 0.05) is 11.1 Å². The lowest BCUT2D eigenvalue weighted by molar-refractivity contribution is -0.117. The summed E-state index contributed by atoms with van der Waals surface area (Å²) in [6.45, 7) is 6.62. The van der Waals surface area contributed by atoms with Crippen LogP contribution in [0.3, 0.4) is 0 Å². The Morgan fingerprint density at radius 1 is 1.11 bits per heavy atom. The highest BCUT2D eigenvalue weighted by Gasteiger charge is 2.40. The van der Waals surface area contributed by atoms with Crippen molar-refractivity contribution in [1.82, 2.24) is 4.98 Å². The van der Waals surface area contributed by atoms with Gasteiger partial charge in [0.1, 0.15) is 11.1 Å². The molecule has 1 saturated heterocycles. The Morgan fingerprint density at radius 2 is 1.89 bits per heavy atom. The molecule has 0 bridgehead atoms. The number of ether oxygens (including phenoxy) is 1. The van der Waals surface area contributed by atoms with Gasteiger partial charge in [-0.15, -0.1) is 11.8 Å². The lowest BCUT2D eigenvalue weighted by Crippen LogP contribution is -2.30. The lowest BCUT2D eigenvalue weighted by atomic mass is 10.1. The van der Waals surface area contributed by atoms with E-state index >= 15 is 0 Å². The maximum Gasteiger partial charge on any atom is 0.241 e. The number of anilines is 1. The van der Waals surface area contributed by atoms with Gasteiger partial charge in [0.05, 0.1) is 23.1 Å². The van der Waals surface area contributed by atoms with Crippen molar-refractivity contribution in [3.05, 3.63) is 65.9 Å². The van der Waals surface area contributed by atoms with Gasteiger partial charge in [0.15, 0.2) is 0 Å². The first-order chi connectivity index (χ1) is 13.1. The zero-order chi connectivity index (χ0) is 19.0. The molecule has 1 aromatic heterocycles. The number of amides is 1. The average molecular weight is 378 g/mol. The summed E-state index contributed by atoms with van der Waals surface area (Å²) < 4.78 is 5.52. The van der Waals surface area contributed by atoms with Crippen LogP contribution in [0.1, 0.15) is 30.5 Å². The van der Waals surface area contributed by atoms with Gasteiger partial charge in [0.25, 0.3) is 0 Å². The van der Waals surface area contributed by atoms with E-state index in [2.05, 4.69) is 25.1 Å². The van der Waals surface area contributed by atoms with Crippen LogP contribution in [0.15, 0.2) is 54.6 Å². The first kappa shape index (κ1) is 17.9. The minimum Gasteiger partial charge on any atom is -0.494 e. The summed E-state index contributed by atoms with van der Waals surface area (Å²) in [5, 5.41) is 0.891. The molecule has 2 aromatic carbocycles. The van der Waals surface area contributed by atoms with E-state index in [9.17, 15) is 4.79 Å². The first-order valence-corrected chi connectivity index (χ1v) is 10.1. The number of carbonyl (C=O) groups excluding carboxylic acids is 1. The zero-order valence-electron chi connectivity index (χ0n) is 15.7. The number of aromatic nitrogens is 1. The molecule has 4 rings (SSSR count). The molecule has 1 aliphatic rings. The van der Waals surface area contributed by atoms with Gasteiger partial charge in [-0.25, -0.2) is 4.98 Å². The molecule has 2 heterocycles. The van der Waals surface area contributed by atoms with Crippen LogP contribution in [0.25, 0.3) is 10.9 Å². The molecule has 3 aromatic rings. The predicted octanol–water partition coefficient (Wildman–Crippen LogP) is 5.11. The zero-order valence-corrected chi connectivity index (χ0v) is 16.5. The Hall–Kier alpha value is -2.53. The van der Waals surface area contributed by atoms with E-state index in [1.807, 2.05) is 55.1 Å². The van der Waals surface area contributed by atoms with Crippen molar-refractivity contribution in [1.29, 1.82) is 0 Å². The van der Waals surface area contributed by atoms with Gasteiger partial charge in [-0.05, 0) is 63.2 Å². The van der Waals surface area contributed by atoms with E-state index in [0.717, 1.165) is 28.0 Å². The molecule has 1 fully saturated rings. The topological polar surface area (TPSA) is 42.4 Å². The molecule has 0 aliphatic carbocycles. The largest absolute Gasteiger partial charge is 0.494 e. The van der Waals surface area contributed by atoms with E-state index in [1.165, 1.54) is 5.56 Å². The number of aryl methyl sites for hydroxylation is 1. The van der Waals surface area contributed by atoms with Gasteiger partial charge in [-0.1, -0.05) is 17.7 Å². The third-order valence-corrected chi connectivity index (χ3v) is 6.02. The molecule has 0 saturated carbocycles. The summed E-state index contributed by atoms with van der Waals surface area (Å²) in [6.07, 6.45) is 0. The van der Waals surface area contributed by atoms with Crippen LogP contribution in [0, 0.1) is 6.92 Å². The fourth-order valence-corrected chi connectivity index (χ4v) is 4.59. The molecular formula is C22H22N2O2S. The second-order valence-corrected chi connectivity index (χ2v) is 8.12.